The van der Waals surface area contributed by atoms with E-state index in [1.165, 1.54) is 41.0 Å². The fourth-order valence-electron chi connectivity index (χ4n) is 3.27. The number of methoxy groups -OCH3 is 1. The standard InChI is InChI=1S/C21H25NO4S/c1-25-17-9-6-5-7-15(17)11-12-22-20(23)14-26-21(24)19-13-16-8-3-2-4-10-18(16)27-19/h5-7,9,13H,2-4,8,10-12,14H2,1H3,(H,22,23). The molecule has 6 heteroatoms. The summed E-state index contributed by atoms with van der Waals surface area (Å²) in [5, 5.41) is 2.78. The van der Waals surface area contributed by atoms with Gasteiger partial charge in [-0.2, -0.15) is 0 Å². The number of fused-ring (bicyclic) bond motifs is 1. The quantitative estimate of drug-likeness (QED) is 0.583. The number of nitrogens with one attached hydrogen (secondary N) is 1. The summed E-state index contributed by atoms with van der Waals surface area (Å²) in [7, 11) is 1.63. The van der Waals surface area contributed by atoms with Gasteiger partial charge in [-0.1, -0.05) is 24.6 Å². The highest BCUT2D eigenvalue weighted by Gasteiger charge is 2.18. The molecule has 1 heterocycles. The Bertz CT molecular complexity index is 776. The Morgan fingerprint density at radius 3 is 2.81 bits per heavy atom. The third-order valence-electron chi connectivity index (χ3n) is 4.69. The fourth-order valence-corrected chi connectivity index (χ4v) is 4.41. The van der Waals surface area contributed by atoms with E-state index in [0.29, 0.717) is 17.8 Å². The van der Waals surface area contributed by atoms with Crippen molar-refractivity contribution >= 4 is 23.2 Å². The molecule has 0 spiro atoms. The van der Waals surface area contributed by atoms with Gasteiger partial charge >= 0.3 is 5.97 Å². The maximum absolute atomic E-state index is 12.2. The van der Waals surface area contributed by atoms with Crippen LogP contribution in [0.2, 0.25) is 0 Å². The van der Waals surface area contributed by atoms with Crippen molar-refractivity contribution in [2.75, 3.05) is 20.3 Å². The number of aryl methyl sites for hydroxylation is 2. The summed E-state index contributed by atoms with van der Waals surface area (Å²) in [5.74, 6) is 0.0972. The van der Waals surface area contributed by atoms with Gasteiger partial charge in [0.25, 0.3) is 5.91 Å². The maximum atomic E-state index is 12.2. The van der Waals surface area contributed by atoms with E-state index in [-0.39, 0.29) is 12.5 Å². The molecule has 0 aliphatic heterocycles. The van der Waals surface area contributed by atoms with Gasteiger partial charge < -0.3 is 14.8 Å². The van der Waals surface area contributed by atoms with E-state index < -0.39 is 5.97 Å². The van der Waals surface area contributed by atoms with Gasteiger partial charge in [0.15, 0.2) is 6.61 Å². The lowest BCUT2D eigenvalue weighted by Gasteiger charge is -2.09. The van der Waals surface area contributed by atoms with E-state index in [2.05, 4.69) is 5.32 Å². The summed E-state index contributed by atoms with van der Waals surface area (Å²) >= 11 is 1.51. The molecule has 2 aromatic rings. The molecule has 144 valence electrons. The lowest BCUT2D eigenvalue weighted by molar-refractivity contribution is -0.124. The Morgan fingerprint density at radius 2 is 1.96 bits per heavy atom. The number of carbonyl (C=O) groups is 2. The molecule has 1 amide bonds. The van der Waals surface area contributed by atoms with Crippen molar-refractivity contribution in [3.05, 3.63) is 51.2 Å². The molecule has 1 aromatic heterocycles. The van der Waals surface area contributed by atoms with Crippen molar-refractivity contribution in [1.29, 1.82) is 0 Å². The Balaban J connectivity index is 1.43. The first-order chi connectivity index (χ1) is 13.2. The number of rotatable bonds is 7. The Hall–Kier alpha value is -2.34. The molecule has 0 atom stereocenters. The molecule has 27 heavy (non-hydrogen) atoms. The van der Waals surface area contributed by atoms with E-state index in [9.17, 15) is 9.59 Å². The molecule has 0 saturated heterocycles. The second kappa shape index (κ2) is 9.55. The monoisotopic (exact) mass is 387 g/mol. The SMILES string of the molecule is COc1ccccc1CCNC(=O)COC(=O)c1cc2c(s1)CCCCC2. The topological polar surface area (TPSA) is 64.6 Å². The first-order valence-corrected chi connectivity index (χ1v) is 10.2. The molecular weight excluding hydrogens is 362 g/mol. The van der Waals surface area contributed by atoms with Crippen LogP contribution in [-0.4, -0.2) is 32.1 Å². The number of thiophene rings is 1. The Kier molecular flexibility index (Phi) is 6.87. The van der Waals surface area contributed by atoms with Gasteiger partial charge in [0, 0.05) is 11.4 Å². The second-order valence-corrected chi connectivity index (χ2v) is 7.74. The third kappa shape index (κ3) is 5.32. The average molecular weight is 388 g/mol. The van der Waals surface area contributed by atoms with E-state index >= 15 is 0 Å². The van der Waals surface area contributed by atoms with Gasteiger partial charge in [-0.15, -0.1) is 11.3 Å². The molecule has 0 bridgehead atoms. The van der Waals surface area contributed by atoms with Crippen molar-refractivity contribution in [3.8, 4) is 5.75 Å². The van der Waals surface area contributed by atoms with Crippen LogP contribution in [0, 0.1) is 0 Å². The molecule has 5 nitrogen and oxygen atoms in total. The minimum absolute atomic E-state index is 0.257. The van der Waals surface area contributed by atoms with Crippen molar-refractivity contribution < 1.29 is 19.1 Å². The molecular formula is C21H25NO4S. The zero-order chi connectivity index (χ0) is 19.1. The molecule has 1 aliphatic carbocycles. The predicted molar refractivity (Wildman–Crippen MR) is 106 cm³/mol. The molecule has 0 unspecified atom stereocenters. The van der Waals surface area contributed by atoms with Crippen molar-refractivity contribution in [2.45, 2.75) is 38.5 Å². The number of esters is 1. The van der Waals surface area contributed by atoms with Gasteiger partial charge in [0.05, 0.1) is 7.11 Å². The van der Waals surface area contributed by atoms with Crippen LogP contribution in [0.1, 0.15) is 44.9 Å². The van der Waals surface area contributed by atoms with Gasteiger partial charge in [-0.3, -0.25) is 4.79 Å². The molecule has 3 rings (SSSR count). The van der Waals surface area contributed by atoms with Crippen molar-refractivity contribution in [3.63, 3.8) is 0 Å². The highest BCUT2D eigenvalue weighted by molar-refractivity contribution is 7.14. The van der Waals surface area contributed by atoms with Crippen LogP contribution in [-0.2, 0) is 28.8 Å². The number of amides is 1. The maximum Gasteiger partial charge on any atom is 0.348 e. The molecule has 1 aromatic carbocycles. The lowest BCUT2D eigenvalue weighted by atomic mass is 10.1. The minimum Gasteiger partial charge on any atom is -0.496 e. The lowest BCUT2D eigenvalue weighted by Crippen LogP contribution is -2.30. The first-order valence-electron chi connectivity index (χ1n) is 9.34. The van der Waals surface area contributed by atoms with Crippen LogP contribution < -0.4 is 10.1 Å². The number of hydrogen-bond acceptors (Lipinski definition) is 5. The molecule has 0 saturated carbocycles. The number of ether oxygens (including phenoxy) is 2. The number of hydrogen-bond donors (Lipinski definition) is 1. The third-order valence-corrected chi connectivity index (χ3v) is 5.91. The van der Waals surface area contributed by atoms with Crippen LogP contribution in [0.25, 0.3) is 0 Å². The summed E-state index contributed by atoms with van der Waals surface area (Å²) in [6, 6.07) is 9.63. The number of para-hydroxylation sites is 1. The van der Waals surface area contributed by atoms with Gasteiger partial charge in [0.2, 0.25) is 0 Å². The summed E-state index contributed by atoms with van der Waals surface area (Å²) < 4.78 is 10.5. The summed E-state index contributed by atoms with van der Waals surface area (Å²) in [6.07, 6.45) is 6.32. The van der Waals surface area contributed by atoms with Crippen LogP contribution in [0.15, 0.2) is 30.3 Å². The number of carbonyl (C=O) groups excluding carboxylic acids is 2. The second-order valence-electron chi connectivity index (χ2n) is 6.61. The minimum atomic E-state index is -0.409. The van der Waals surface area contributed by atoms with Gasteiger partial charge in [0.1, 0.15) is 10.6 Å². The highest BCUT2D eigenvalue weighted by atomic mass is 32.1. The molecule has 1 N–H and O–H groups in total. The largest absolute Gasteiger partial charge is 0.496 e. The van der Waals surface area contributed by atoms with Crippen LogP contribution in [0.4, 0.5) is 0 Å². The zero-order valence-electron chi connectivity index (χ0n) is 15.6. The summed E-state index contributed by atoms with van der Waals surface area (Å²) in [6.45, 7) is 0.206. The van der Waals surface area contributed by atoms with Crippen LogP contribution in [0.3, 0.4) is 0 Å². The van der Waals surface area contributed by atoms with Gasteiger partial charge in [-0.05, 0) is 55.4 Å². The summed E-state index contributed by atoms with van der Waals surface area (Å²) in [5.41, 5.74) is 2.29. The molecule has 1 aliphatic rings. The van der Waals surface area contributed by atoms with Crippen molar-refractivity contribution in [1.82, 2.24) is 5.32 Å². The Labute approximate surface area is 163 Å². The fraction of sp³-hybridized carbons (Fsp3) is 0.429. The van der Waals surface area contributed by atoms with E-state index in [1.54, 1.807) is 7.11 Å². The highest BCUT2D eigenvalue weighted by Crippen LogP contribution is 2.29. The van der Waals surface area contributed by atoms with Crippen LogP contribution in [0.5, 0.6) is 5.75 Å². The Morgan fingerprint density at radius 1 is 1.15 bits per heavy atom. The van der Waals surface area contributed by atoms with E-state index in [0.717, 1.165) is 24.2 Å². The predicted octanol–water partition coefficient (Wildman–Crippen LogP) is 3.54. The molecule has 0 fully saturated rings. The zero-order valence-corrected chi connectivity index (χ0v) is 16.4. The van der Waals surface area contributed by atoms with Crippen molar-refractivity contribution in [2.24, 2.45) is 0 Å². The smallest absolute Gasteiger partial charge is 0.348 e. The van der Waals surface area contributed by atoms with E-state index in [1.807, 2.05) is 30.3 Å². The molecule has 0 radical (unpaired) electrons. The average Bonchev–Trinajstić information content (AvgIpc) is 2.97. The van der Waals surface area contributed by atoms with E-state index in [4.69, 9.17) is 9.47 Å². The summed E-state index contributed by atoms with van der Waals surface area (Å²) in [4.78, 5) is 26.1. The van der Waals surface area contributed by atoms with Crippen LogP contribution >= 0.6 is 11.3 Å². The normalized spacial score (nSPS) is 13.4. The first kappa shape index (κ1) is 19.4. The number of benzene rings is 1. The van der Waals surface area contributed by atoms with Gasteiger partial charge in [-0.25, -0.2) is 4.79 Å².